The molecule has 0 spiro atoms. The van der Waals surface area contributed by atoms with Crippen LogP contribution in [0.3, 0.4) is 0 Å². The fourth-order valence-corrected chi connectivity index (χ4v) is 4.48. The van der Waals surface area contributed by atoms with Crippen molar-refractivity contribution in [3.8, 4) is 0 Å². The summed E-state index contributed by atoms with van der Waals surface area (Å²) >= 11 is 0. The third kappa shape index (κ3) is 10.0. The highest BCUT2D eigenvalue weighted by atomic mass is 19.4. The molecule has 5 N–H and O–H groups in total. The number of hydrogen-bond acceptors (Lipinski definition) is 4. The van der Waals surface area contributed by atoms with E-state index in [1.165, 1.54) is 50.3 Å². The van der Waals surface area contributed by atoms with Gasteiger partial charge in [0, 0.05) is 29.6 Å². The number of hydrogen-bond donors (Lipinski definition) is 4. The number of aromatic amines is 1. The SMILES string of the molecule is CC(CCCCN)NC(=O)CCC1CCCCC1.O=CNc1ccc2c(C(F)(F)F)cc(=O)[nH]c2c1. The van der Waals surface area contributed by atoms with Gasteiger partial charge in [0.1, 0.15) is 0 Å². The summed E-state index contributed by atoms with van der Waals surface area (Å²) in [6.45, 7) is 2.84. The van der Waals surface area contributed by atoms with E-state index in [4.69, 9.17) is 5.73 Å². The molecule has 0 saturated heterocycles. The van der Waals surface area contributed by atoms with Crippen molar-refractivity contribution >= 4 is 28.9 Å². The molecule has 1 aromatic carbocycles. The highest BCUT2D eigenvalue weighted by Crippen LogP contribution is 2.33. The van der Waals surface area contributed by atoms with Gasteiger partial charge in [0.15, 0.2) is 0 Å². The van der Waals surface area contributed by atoms with Crippen LogP contribution in [0.1, 0.15) is 76.7 Å². The number of anilines is 1. The van der Waals surface area contributed by atoms with Gasteiger partial charge in [-0.3, -0.25) is 14.4 Å². The lowest BCUT2D eigenvalue weighted by Crippen LogP contribution is -2.32. The number of pyridine rings is 1. The first kappa shape index (κ1) is 29.4. The van der Waals surface area contributed by atoms with E-state index >= 15 is 0 Å². The van der Waals surface area contributed by atoms with Crippen molar-refractivity contribution < 1.29 is 22.8 Å². The summed E-state index contributed by atoms with van der Waals surface area (Å²) in [5.41, 5.74) is 3.92. The molecule has 2 aromatic rings. The van der Waals surface area contributed by atoms with Gasteiger partial charge in [0.05, 0.1) is 11.1 Å². The first-order valence-corrected chi connectivity index (χ1v) is 12.6. The van der Waals surface area contributed by atoms with E-state index in [0.717, 1.165) is 38.1 Å². The maximum atomic E-state index is 12.7. The summed E-state index contributed by atoms with van der Waals surface area (Å²) in [5, 5.41) is 5.27. The van der Waals surface area contributed by atoms with Gasteiger partial charge >= 0.3 is 6.18 Å². The molecule has 1 aromatic heterocycles. The van der Waals surface area contributed by atoms with Crippen LogP contribution in [0.2, 0.25) is 0 Å². The highest BCUT2D eigenvalue weighted by Gasteiger charge is 2.33. The number of rotatable bonds is 10. The lowest BCUT2D eigenvalue weighted by molar-refractivity contribution is -0.136. The van der Waals surface area contributed by atoms with Crippen LogP contribution in [0.5, 0.6) is 0 Å². The molecule has 0 radical (unpaired) electrons. The number of aromatic nitrogens is 1. The van der Waals surface area contributed by atoms with Gasteiger partial charge in [-0.15, -0.1) is 0 Å². The molecular formula is C26H37F3N4O3. The smallest absolute Gasteiger partial charge is 0.354 e. The zero-order valence-electron chi connectivity index (χ0n) is 20.8. The molecule has 0 bridgehead atoms. The molecule has 3 rings (SSSR count). The molecule has 1 unspecified atom stereocenters. The molecular weight excluding hydrogens is 473 g/mol. The summed E-state index contributed by atoms with van der Waals surface area (Å²) in [5.74, 6) is 1.04. The Labute approximate surface area is 209 Å². The van der Waals surface area contributed by atoms with E-state index in [0.29, 0.717) is 30.6 Å². The second-order valence-corrected chi connectivity index (χ2v) is 9.36. The number of nitrogens with two attached hydrogens (primary N) is 1. The lowest BCUT2D eigenvalue weighted by atomic mass is 9.86. The third-order valence-electron chi connectivity index (χ3n) is 6.38. The minimum Gasteiger partial charge on any atom is -0.354 e. The Morgan fingerprint density at radius 3 is 2.56 bits per heavy atom. The van der Waals surface area contributed by atoms with Crippen molar-refractivity contribution in [2.75, 3.05) is 11.9 Å². The number of H-pyrrole nitrogens is 1. The Kier molecular flexibility index (Phi) is 11.9. The van der Waals surface area contributed by atoms with E-state index in [9.17, 15) is 27.6 Å². The lowest BCUT2D eigenvalue weighted by Gasteiger charge is -2.21. The van der Waals surface area contributed by atoms with E-state index in [1.807, 2.05) is 0 Å². The van der Waals surface area contributed by atoms with Crippen LogP contribution in [0.15, 0.2) is 29.1 Å². The van der Waals surface area contributed by atoms with Crippen molar-refractivity contribution in [3.63, 3.8) is 0 Å². The highest BCUT2D eigenvalue weighted by molar-refractivity contribution is 5.87. The minimum absolute atomic E-state index is 0.0154. The Morgan fingerprint density at radius 1 is 1.19 bits per heavy atom. The second-order valence-electron chi connectivity index (χ2n) is 9.36. The number of alkyl halides is 3. The molecule has 0 aliphatic heterocycles. The summed E-state index contributed by atoms with van der Waals surface area (Å²) in [6.07, 6.45) is 7.59. The standard InChI is InChI=1S/C15H30N2O.C11H7F3N2O2/c1-13(7-5-6-12-16)17-15(18)11-10-14-8-3-2-4-9-14;12-11(13,14)8-4-10(18)16-9-3-6(15-5-17)1-2-7(8)9/h13-14H,2-12,16H2,1H3,(H,17,18);1-5H,(H,15,17)(H,16,18). The fourth-order valence-electron chi connectivity index (χ4n) is 4.48. The van der Waals surface area contributed by atoms with E-state index in [-0.39, 0.29) is 16.8 Å². The maximum absolute atomic E-state index is 12.7. The van der Waals surface area contributed by atoms with Crippen LogP contribution in [0, 0.1) is 5.92 Å². The van der Waals surface area contributed by atoms with Gasteiger partial charge in [-0.2, -0.15) is 13.2 Å². The quantitative estimate of drug-likeness (QED) is 0.263. The van der Waals surface area contributed by atoms with Gasteiger partial charge < -0.3 is 21.4 Å². The van der Waals surface area contributed by atoms with Crippen LogP contribution < -0.4 is 21.9 Å². The molecule has 1 fully saturated rings. The monoisotopic (exact) mass is 510 g/mol. The van der Waals surface area contributed by atoms with E-state index < -0.39 is 17.3 Å². The normalized spacial score (nSPS) is 15.0. The molecule has 2 amide bonds. The Bertz CT molecular complexity index is 1030. The minimum atomic E-state index is -4.61. The van der Waals surface area contributed by atoms with Crippen LogP contribution in [0.25, 0.3) is 10.9 Å². The molecule has 10 heteroatoms. The average molecular weight is 511 g/mol. The molecule has 1 aliphatic carbocycles. The van der Waals surface area contributed by atoms with Gasteiger partial charge in [-0.05, 0) is 50.8 Å². The van der Waals surface area contributed by atoms with E-state index in [2.05, 4.69) is 22.5 Å². The first-order chi connectivity index (χ1) is 17.1. The fraction of sp³-hybridized carbons (Fsp3) is 0.577. The maximum Gasteiger partial charge on any atom is 0.417 e. The summed E-state index contributed by atoms with van der Waals surface area (Å²) in [7, 11) is 0. The molecule has 1 heterocycles. The zero-order chi connectivity index (χ0) is 26.6. The number of benzene rings is 1. The zero-order valence-corrected chi connectivity index (χ0v) is 20.8. The molecule has 1 saturated carbocycles. The van der Waals surface area contributed by atoms with Gasteiger partial charge in [0.25, 0.3) is 0 Å². The van der Waals surface area contributed by atoms with Crippen LogP contribution in [-0.2, 0) is 15.8 Å². The largest absolute Gasteiger partial charge is 0.417 e. The predicted octanol–water partition coefficient (Wildman–Crippen LogP) is 5.10. The van der Waals surface area contributed by atoms with Crippen molar-refractivity contribution in [1.82, 2.24) is 10.3 Å². The first-order valence-electron chi connectivity index (χ1n) is 12.6. The van der Waals surface area contributed by atoms with Crippen LogP contribution >= 0.6 is 0 Å². The average Bonchev–Trinajstić information content (AvgIpc) is 2.83. The summed E-state index contributed by atoms with van der Waals surface area (Å²) in [4.78, 5) is 35.5. The van der Waals surface area contributed by atoms with Crippen LogP contribution in [0.4, 0.5) is 18.9 Å². The number of nitrogens with one attached hydrogen (secondary N) is 3. The summed E-state index contributed by atoms with van der Waals surface area (Å²) in [6, 6.07) is 4.59. The van der Waals surface area contributed by atoms with E-state index in [1.54, 1.807) is 0 Å². The molecule has 1 atom stereocenters. The van der Waals surface area contributed by atoms with Crippen molar-refractivity contribution in [2.45, 2.75) is 83.4 Å². The third-order valence-corrected chi connectivity index (χ3v) is 6.38. The number of unbranched alkanes of at least 4 members (excludes halogenated alkanes) is 1. The second kappa shape index (κ2) is 14.6. The Balaban J connectivity index is 0.000000254. The van der Waals surface area contributed by atoms with Gasteiger partial charge in [0.2, 0.25) is 17.9 Å². The van der Waals surface area contributed by atoms with Crippen molar-refractivity contribution in [1.29, 1.82) is 0 Å². The number of carbonyl (C=O) groups is 2. The number of halogens is 3. The molecule has 36 heavy (non-hydrogen) atoms. The van der Waals surface area contributed by atoms with Crippen molar-refractivity contribution in [3.05, 3.63) is 40.2 Å². The Hall–Kier alpha value is -2.88. The molecule has 1 aliphatic rings. The summed E-state index contributed by atoms with van der Waals surface area (Å²) < 4.78 is 38.2. The van der Waals surface area contributed by atoms with Gasteiger partial charge in [-0.1, -0.05) is 44.6 Å². The van der Waals surface area contributed by atoms with Gasteiger partial charge in [-0.25, -0.2) is 0 Å². The number of carbonyl (C=O) groups excluding carboxylic acids is 2. The number of fused-ring (bicyclic) bond motifs is 1. The predicted molar refractivity (Wildman–Crippen MR) is 136 cm³/mol. The molecule has 200 valence electrons. The van der Waals surface area contributed by atoms with Crippen molar-refractivity contribution in [2.24, 2.45) is 11.7 Å². The Morgan fingerprint density at radius 2 is 1.92 bits per heavy atom. The van der Waals surface area contributed by atoms with Crippen LogP contribution in [-0.4, -0.2) is 29.9 Å². The molecule has 7 nitrogen and oxygen atoms in total. The number of amides is 2. The topological polar surface area (TPSA) is 117 Å².